The van der Waals surface area contributed by atoms with Gasteiger partial charge in [-0.1, -0.05) is 0 Å². The number of aromatic nitrogens is 2. The zero-order chi connectivity index (χ0) is 6.69. The molecule has 0 unspecified atom stereocenters. The van der Waals surface area contributed by atoms with Crippen LogP contribution >= 0.6 is 0 Å². The Morgan fingerprint density at radius 1 is 1.78 bits per heavy atom. The molecule has 3 nitrogen and oxygen atoms in total. The van der Waals surface area contributed by atoms with E-state index in [0.717, 1.165) is 6.54 Å². The first kappa shape index (κ1) is 6.29. The van der Waals surface area contributed by atoms with Crippen molar-refractivity contribution in [3.05, 3.63) is 18.0 Å². The number of aryl methyl sites for hydroxylation is 1. The summed E-state index contributed by atoms with van der Waals surface area (Å²) >= 11 is 0. The van der Waals surface area contributed by atoms with Crippen molar-refractivity contribution in [3.63, 3.8) is 0 Å². The average molecular weight is 125 g/mol. The monoisotopic (exact) mass is 125 g/mol. The Hall–Kier alpha value is -0.830. The molecule has 2 N–H and O–H groups in total. The lowest BCUT2D eigenvalue weighted by atomic mass is 10.5. The van der Waals surface area contributed by atoms with Gasteiger partial charge in [-0.05, 0) is 13.0 Å². The number of nitrogens with two attached hydrogens (primary N) is 1. The molecular weight excluding hydrogens is 114 g/mol. The normalized spacial score (nSPS) is 10.0. The summed E-state index contributed by atoms with van der Waals surface area (Å²) in [6.07, 6.45) is 1.78. The lowest BCUT2D eigenvalue weighted by Gasteiger charge is -1.98. The largest absolute Gasteiger partial charge is 0.329 e. The molecule has 0 amide bonds. The number of hydrogen-bond donors (Lipinski definition) is 1. The molecule has 0 radical (unpaired) electrons. The first-order valence-electron chi connectivity index (χ1n) is 3.03. The first-order chi connectivity index (χ1) is 4.34. The van der Waals surface area contributed by atoms with Crippen LogP contribution in [0.15, 0.2) is 12.3 Å². The van der Waals surface area contributed by atoms with E-state index in [1.165, 1.54) is 5.69 Å². The molecule has 0 saturated carbocycles. The van der Waals surface area contributed by atoms with Crippen molar-refractivity contribution < 1.29 is 0 Å². The molecule has 0 aliphatic heterocycles. The lowest BCUT2D eigenvalue weighted by molar-refractivity contribution is 0.608. The average Bonchev–Trinajstić information content (AvgIpc) is 2.18. The summed E-state index contributed by atoms with van der Waals surface area (Å²) in [6, 6.07) is 1.97. The second kappa shape index (κ2) is 2.64. The molecule has 1 aromatic heterocycles. The van der Waals surface area contributed by atoms with E-state index in [9.17, 15) is 0 Å². The SMILES string of the molecule is Cc1ccnn1CCN. The van der Waals surface area contributed by atoms with Crippen molar-refractivity contribution in [1.29, 1.82) is 0 Å². The van der Waals surface area contributed by atoms with Crippen molar-refractivity contribution in [2.24, 2.45) is 5.73 Å². The molecular formula is C6H11N3. The quantitative estimate of drug-likeness (QED) is 0.611. The zero-order valence-corrected chi connectivity index (χ0v) is 5.54. The molecule has 1 heterocycles. The van der Waals surface area contributed by atoms with E-state index < -0.39 is 0 Å². The van der Waals surface area contributed by atoms with Gasteiger partial charge in [-0.25, -0.2) is 0 Å². The Morgan fingerprint density at radius 3 is 3.00 bits per heavy atom. The van der Waals surface area contributed by atoms with Crippen LogP contribution in [-0.2, 0) is 6.54 Å². The van der Waals surface area contributed by atoms with Gasteiger partial charge in [-0.15, -0.1) is 0 Å². The minimum Gasteiger partial charge on any atom is -0.329 e. The fourth-order valence-corrected chi connectivity index (χ4v) is 0.755. The Balaban J connectivity index is 2.69. The fraction of sp³-hybridized carbons (Fsp3) is 0.500. The van der Waals surface area contributed by atoms with Gasteiger partial charge in [0.25, 0.3) is 0 Å². The highest BCUT2D eigenvalue weighted by Crippen LogP contribution is 1.93. The van der Waals surface area contributed by atoms with Gasteiger partial charge < -0.3 is 5.73 Å². The second-order valence-corrected chi connectivity index (χ2v) is 1.98. The highest BCUT2D eigenvalue weighted by atomic mass is 15.3. The first-order valence-corrected chi connectivity index (χ1v) is 3.03. The summed E-state index contributed by atoms with van der Waals surface area (Å²) in [5.74, 6) is 0. The van der Waals surface area contributed by atoms with E-state index in [4.69, 9.17) is 5.73 Å². The summed E-state index contributed by atoms with van der Waals surface area (Å²) in [5.41, 5.74) is 6.49. The van der Waals surface area contributed by atoms with E-state index >= 15 is 0 Å². The summed E-state index contributed by atoms with van der Waals surface area (Å²) < 4.78 is 1.89. The predicted molar refractivity (Wildman–Crippen MR) is 36.0 cm³/mol. The smallest absolute Gasteiger partial charge is 0.0534 e. The Morgan fingerprint density at radius 2 is 2.56 bits per heavy atom. The molecule has 0 spiro atoms. The molecule has 0 fully saturated rings. The molecule has 1 aromatic rings. The summed E-state index contributed by atoms with van der Waals surface area (Å²) in [6.45, 7) is 3.49. The van der Waals surface area contributed by atoms with Crippen molar-refractivity contribution in [2.45, 2.75) is 13.5 Å². The zero-order valence-electron chi connectivity index (χ0n) is 5.54. The molecule has 0 aliphatic rings. The molecule has 0 atom stereocenters. The van der Waals surface area contributed by atoms with E-state index in [0.29, 0.717) is 6.54 Å². The van der Waals surface area contributed by atoms with Gasteiger partial charge in [0, 0.05) is 18.4 Å². The molecule has 0 aliphatic carbocycles. The van der Waals surface area contributed by atoms with Crippen LogP contribution in [0.5, 0.6) is 0 Å². The van der Waals surface area contributed by atoms with Gasteiger partial charge in [0.1, 0.15) is 0 Å². The van der Waals surface area contributed by atoms with Gasteiger partial charge >= 0.3 is 0 Å². The minimum atomic E-state index is 0.655. The van der Waals surface area contributed by atoms with E-state index in [-0.39, 0.29) is 0 Å². The Bertz CT molecular complexity index is 180. The van der Waals surface area contributed by atoms with Crippen LogP contribution in [0.3, 0.4) is 0 Å². The van der Waals surface area contributed by atoms with E-state index in [1.807, 2.05) is 17.7 Å². The number of rotatable bonds is 2. The third-order valence-electron chi connectivity index (χ3n) is 1.27. The summed E-state index contributed by atoms with van der Waals surface area (Å²) in [4.78, 5) is 0. The van der Waals surface area contributed by atoms with Crippen LogP contribution in [0.2, 0.25) is 0 Å². The van der Waals surface area contributed by atoms with Crippen LogP contribution < -0.4 is 5.73 Å². The number of hydrogen-bond acceptors (Lipinski definition) is 2. The van der Waals surface area contributed by atoms with Gasteiger partial charge in [0.05, 0.1) is 6.54 Å². The minimum absolute atomic E-state index is 0.655. The molecule has 9 heavy (non-hydrogen) atoms. The van der Waals surface area contributed by atoms with Crippen molar-refractivity contribution >= 4 is 0 Å². The second-order valence-electron chi connectivity index (χ2n) is 1.98. The maximum Gasteiger partial charge on any atom is 0.0534 e. The standard InChI is InChI=1S/C6H11N3/c1-6-2-4-8-9(6)5-3-7/h2,4H,3,5,7H2,1H3. The van der Waals surface area contributed by atoms with Crippen molar-refractivity contribution in [1.82, 2.24) is 9.78 Å². The molecule has 1 rings (SSSR count). The van der Waals surface area contributed by atoms with Gasteiger partial charge in [0.2, 0.25) is 0 Å². The number of nitrogens with zero attached hydrogens (tertiary/aromatic N) is 2. The maximum atomic E-state index is 5.33. The third kappa shape index (κ3) is 1.29. The third-order valence-corrected chi connectivity index (χ3v) is 1.27. The summed E-state index contributed by atoms with van der Waals surface area (Å²) in [7, 11) is 0. The molecule has 50 valence electrons. The maximum absolute atomic E-state index is 5.33. The lowest BCUT2D eigenvalue weighted by Crippen LogP contribution is -2.11. The Labute approximate surface area is 54.5 Å². The molecule has 3 heteroatoms. The van der Waals surface area contributed by atoms with E-state index in [2.05, 4.69) is 5.10 Å². The van der Waals surface area contributed by atoms with Crippen molar-refractivity contribution in [2.75, 3.05) is 6.54 Å². The van der Waals surface area contributed by atoms with Crippen molar-refractivity contribution in [3.8, 4) is 0 Å². The van der Waals surface area contributed by atoms with Gasteiger partial charge in [-0.3, -0.25) is 4.68 Å². The molecule has 0 aromatic carbocycles. The molecule has 0 bridgehead atoms. The van der Waals surface area contributed by atoms with Crippen LogP contribution in [0.4, 0.5) is 0 Å². The van der Waals surface area contributed by atoms with Crippen LogP contribution in [-0.4, -0.2) is 16.3 Å². The Kier molecular flexibility index (Phi) is 1.85. The fourth-order valence-electron chi connectivity index (χ4n) is 0.755. The topological polar surface area (TPSA) is 43.8 Å². The predicted octanol–water partition coefficient (Wildman–Crippen LogP) is 0.150. The van der Waals surface area contributed by atoms with Crippen LogP contribution in [0, 0.1) is 6.92 Å². The van der Waals surface area contributed by atoms with Crippen LogP contribution in [0.1, 0.15) is 5.69 Å². The van der Waals surface area contributed by atoms with Gasteiger partial charge in [0.15, 0.2) is 0 Å². The van der Waals surface area contributed by atoms with Crippen LogP contribution in [0.25, 0.3) is 0 Å². The highest BCUT2D eigenvalue weighted by Gasteiger charge is 1.91. The van der Waals surface area contributed by atoms with E-state index in [1.54, 1.807) is 6.20 Å². The van der Waals surface area contributed by atoms with Gasteiger partial charge in [-0.2, -0.15) is 5.10 Å². The summed E-state index contributed by atoms with van der Waals surface area (Å²) in [5, 5.41) is 4.04. The molecule has 0 saturated heterocycles. The highest BCUT2D eigenvalue weighted by molar-refractivity contribution is 4.96.